The number of nitrogens with one attached hydrogen (secondary N) is 1. The van der Waals surface area contributed by atoms with Crippen molar-refractivity contribution in [1.29, 1.82) is 0 Å². The number of aromatic nitrogens is 3. The Balaban J connectivity index is 1.78. The summed E-state index contributed by atoms with van der Waals surface area (Å²) in [5.74, 6) is -0.476. The predicted octanol–water partition coefficient (Wildman–Crippen LogP) is 3.70. The van der Waals surface area contributed by atoms with Crippen molar-refractivity contribution < 1.29 is 13.2 Å². The highest BCUT2D eigenvalue weighted by Gasteiger charge is 2.17. The van der Waals surface area contributed by atoms with Gasteiger partial charge in [-0.3, -0.25) is 4.79 Å². The van der Waals surface area contributed by atoms with Crippen LogP contribution in [0, 0.1) is 0 Å². The molecule has 8 nitrogen and oxygen atoms in total. The van der Waals surface area contributed by atoms with Gasteiger partial charge in [-0.1, -0.05) is 40.2 Å². The first-order valence-corrected chi connectivity index (χ1v) is 11.7. The summed E-state index contributed by atoms with van der Waals surface area (Å²) in [7, 11) is -3.35. The number of nitrogens with zero attached hydrogens (tertiary/aromatic N) is 3. The van der Waals surface area contributed by atoms with Crippen molar-refractivity contribution in [2.24, 2.45) is 5.73 Å². The Kier molecular flexibility index (Phi) is 5.42. The van der Waals surface area contributed by atoms with Crippen LogP contribution in [-0.4, -0.2) is 35.5 Å². The van der Waals surface area contributed by atoms with Crippen LogP contribution in [0.4, 0.5) is 11.6 Å². The molecule has 2 heterocycles. The Labute approximate surface area is 186 Å². The number of amides is 1. The molecule has 4 aromatic rings. The van der Waals surface area contributed by atoms with Crippen molar-refractivity contribution in [2.45, 2.75) is 4.90 Å². The molecule has 2 aromatic heterocycles. The Morgan fingerprint density at radius 3 is 2.52 bits per heavy atom. The van der Waals surface area contributed by atoms with Gasteiger partial charge in [0.15, 0.2) is 15.5 Å². The lowest BCUT2D eigenvalue weighted by molar-refractivity contribution is 0.0996. The largest absolute Gasteiger partial charge is 0.364 e. The van der Waals surface area contributed by atoms with Gasteiger partial charge < -0.3 is 11.1 Å². The second kappa shape index (κ2) is 8.05. The van der Waals surface area contributed by atoms with Gasteiger partial charge in [0.2, 0.25) is 5.95 Å². The lowest BCUT2D eigenvalue weighted by Crippen LogP contribution is -2.15. The fourth-order valence-corrected chi connectivity index (χ4v) is 4.20. The van der Waals surface area contributed by atoms with Crippen molar-refractivity contribution >= 4 is 54.3 Å². The molecule has 4 rings (SSSR count). The number of halogens is 1. The van der Waals surface area contributed by atoms with Crippen molar-refractivity contribution in [1.82, 2.24) is 15.0 Å². The van der Waals surface area contributed by atoms with Crippen molar-refractivity contribution in [3.63, 3.8) is 0 Å². The molecule has 0 spiro atoms. The first-order valence-electron chi connectivity index (χ1n) is 9.02. The second-order valence-corrected chi connectivity index (χ2v) is 9.63. The molecule has 0 bridgehead atoms. The van der Waals surface area contributed by atoms with Crippen LogP contribution < -0.4 is 11.1 Å². The topological polar surface area (TPSA) is 128 Å². The molecule has 0 saturated carbocycles. The third kappa shape index (κ3) is 4.39. The van der Waals surface area contributed by atoms with Gasteiger partial charge in [-0.2, -0.15) is 4.98 Å². The van der Waals surface area contributed by atoms with E-state index in [9.17, 15) is 13.2 Å². The molecule has 156 valence electrons. The first-order chi connectivity index (χ1) is 14.7. The summed E-state index contributed by atoms with van der Waals surface area (Å²) < 4.78 is 24.3. The van der Waals surface area contributed by atoms with Gasteiger partial charge in [-0.15, -0.1) is 0 Å². The molecular formula is C21H16BrN5O3S. The van der Waals surface area contributed by atoms with E-state index in [1.165, 1.54) is 12.1 Å². The zero-order valence-electron chi connectivity index (χ0n) is 16.2. The Hall–Kier alpha value is -3.37. The number of benzene rings is 2. The van der Waals surface area contributed by atoms with Gasteiger partial charge in [0.25, 0.3) is 5.91 Å². The van der Waals surface area contributed by atoms with E-state index in [0.717, 1.165) is 16.3 Å². The third-order valence-corrected chi connectivity index (χ3v) is 6.29. The normalized spacial score (nSPS) is 11.4. The molecule has 1 amide bonds. The van der Waals surface area contributed by atoms with Gasteiger partial charge >= 0.3 is 0 Å². The van der Waals surface area contributed by atoms with E-state index in [1.807, 2.05) is 24.3 Å². The van der Waals surface area contributed by atoms with E-state index >= 15 is 0 Å². The average Bonchev–Trinajstić information content (AvgIpc) is 2.73. The van der Waals surface area contributed by atoms with Crippen LogP contribution in [0.1, 0.15) is 10.5 Å². The monoisotopic (exact) mass is 497 g/mol. The molecule has 0 unspecified atom stereocenters. The quantitative estimate of drug-likeness (QED) is 0.430. The van der Waals surface area contributed by atoms with Gasteiger partial charge in [-0.25, -0.2) is 18.4 Å². The summed E-state index contributed by atoms with van der Waals surface area (Å²) in [6.45, 7) is 0. The maximum atomic E-state index is 12.1. The second-order valence-electron chi connectivity index (χ2n) is 6.76. The first kappa shape index (κ1) is 20.9. The van der Waals surface area contributed by atoms with E-state index in [2.05, 4.69) is 36.2 Å². The maximum absolute atomic E-state index is 12.1. The molecule has 0 aliphatic rings. The standard InChI is InChI=1S/C21H16BrN5O3S/c1-31(29,30)14-6-4-5-13(10-14)25-21-24-11-12-9-16(15-7-2-3-8-17(15)22)18(19(23)28)26-20(12)27-21/h2-11H,1H3,(H2,23,28)(H,24,25,26,27). The van der Waals surface area contributed by atoms with Crippen LogP contribution in [0.3, 0.4) is 0 Å². The van der Waals surface area contributed by atoms with Crippen molar-refractivity contribution in [3.8, 4) is 11.1 Å². The molecule has 2 aromatic carbocycles. The zero-order chi connectivity index (χ0) is 22.2. The summed E-state index contributed by atoms with van der Waals surface area (Å²) in [6.07, 6.45) is 2.71. The summed E-state index contributed by atoms with van der Waals surface area (Å²) in [5, 5.41) is 3.58. The number of primary amides is 1. The number of fused-ring (bicyclic) bond motifs is 1. The zero-order valence-corrected chi connectivity index (χ0v) is 18.6. The summed E-state index contributed by atoms with van der Waals surface area (Å²) >= 11 is 3.48. The molecule has 31 heavy (non-hydrogen) atoms. The predicted molar refractivity (Wildman–Crippen MR) is 122 cm³/mol. The highest BCUT2D eigenvalue weighted by atomic mass is 79.9. The van der Waals surface area contributed by atoms with Gasteiger partial charge in [0.05, 0.1) is 4.90 Å². The van der Waals surface area contributed by atoms with Crippen molar-refractivity contribution in [3.05, 3.63) is 71.0 Å². The highest BCUT2D eigenvalue weighted by Crippen LogP contribution is 2.32. The van der Waals surface area contributed by atoms with Crippen molar-refractivity contribution in [2.75, 3.05) is 11.6 Å². The molecule has 0 aliphatic heterocycles. The smallest absolute Gasteiger partial charge is 0.268 e. The number of nitrogens with two attached hydrogens (primary N) is 1. The van der Waals surface area contributed by atoms with E-state index in [0.29, 0.717) is 16.6 Å². The van der Waals surface area contributed by atoms with Crippen LogP contribution >= 0.6 is 15.9 Å². The molecule has 0 aliphatic carbocycles. The van der Waals surface area contributed by atoms with Crippen LogP contribution in [0.2, 0.25) is 0 Å². The van der Waals surface area contributed by atoms with E-state index in [4.69, 9.17) is 5.73 Å². The Morgan fingerprint density at radius 2 is 1.81 bits per heavy atom. The number of rotatable bonds is 5. The number of anilines is 2. The number of hydrogen-bond donors (Lipinski definition) is 2. The van der Waals surface area contributed by atoms with Gasteiger partial charge in [-0.05, 0) is 35.9 Å². The summed E-state index contributed by atoms with van der Waals surface area (Å²) in [4.78, 5) is 25.3. The lowest BCUT2D eigenvalue weighted by atomic mass is 10.0. The fourth-order valence-electron chi connectivity index (χ4n) is 3.03. The summed E-state index contributed by atoms with van der Waals surface area (Å²) in [5.41, 5.74) is 7.78. The number of pyridine rings is 1. The average molecular weight is 498 g/mol. The van der Waals surface area contributed by atoms with Crippen LogP contribution in [0.25, 0.3) is 22.2 Å². The lowest BCUT2D eigenvalue weighted by Gasteiger charge is -2.11. The van der Waals surface area contributed by atoms with E-state index in [-0.39, 0.29) is 22.2 Å². The van der Waals surface area contributed by atoms with Gasteiger partial charge in [0.1, 0.15) is 5.69 Å². The minimum Gasteiger partial charge on any atom is -0.364 e. The summed E-state index contributed by atoms with van der Waals surface area (Å²) in [6, 6.07) is 15.5. The van der Waals surface area contributed by atoms with Crippen LogP contribution in [-0.2, 0) is 9.84 Å². The fraction of sp³-hybridized carbons (Fsp3) is 0.0476. The van der Waals surface area contributed by atoms with Crippen LogP contribution in [0.15, 0.2) is 70.2 Å². The molecule has 0 fully saturated rings. The Bertz CT molecular complexity index is 1440. The van der Waals surface area contributed by atoms with Crippen LogP contribution in [0.5, 0.6) is 0 Å². The number of carbonyl (C=O) groups is 1. The number of carbonyl (C=O) groups excluding carboxylic acids is 1. The molecule has 3 N–H and O–H groups in total. The van der Waals surface area contributed by atoms with Gasteiger partial charge in [0, 0.05) is 33.6 Å². The SMILES string of the molecule is CS(=O)(=O)c1cccc(Nc2ncc3cc(-c4ccccc4Br)c(C(N)=O)nc3n2)c1. The highest BCUT2D eigenvalue weighted by molar-refractivity contribution is 9.10. The minimum atomic E-state index is -3.35. The number of sulfone groups is 1. The molecule has 0 atom stereocenters. The Morgan fingerprint density at radius 1 is 1.03 bits per heavy atom. The molecule has 10 heteroatoms. The minimum absolute atomic E-state index is 0.0862. The van der Waals surface area contributed by atoms with E-state index in [1.54, 1.807) is 24.4 Å². The number of hydrogen-bond acceptors (Lipinski definition) is 7. The third-order valence-electron chi connectivity index (χ3n) is 4.48. The maximum Gasteiger partial charge on any atom is 0.268 e. The molecule has 0 saturated heterocycles. The molecular weight excluding hydrogens is 482 g/mol. The van der Waals surface area contributed by atoms with E-state index < -0.39 is 15.7 Å². The molecule has 0 radical (unpaired) electrons.